The molecule has 0 aliphatic carbocycles. The molecule has 0 fully saturated rings. The fourth-order valence-electron chi connectivity index (χ4n) is 2.92. The van der Waals surface area contributed by atoms with Crippen LogP contribution in [0.4, 0.5) is 4.39 Å². The van der Waals surface area contributed by atoms with Gasteiger partial charge in [-0.1, -0.05) is 26.0 Å². The van der Waals surface area contributed by atoms with Crippen LogP contribution in [0.3, 0.4) is 0 Å². The van der Waals surface area contributed by atoms with Crippen LogP contribution in [-0.2, 0) is 6.54 Å². The van der Waals surface area contributed by atoms with E-state index < -0.39 is 0 Å². The topological polar surface area (TPSA) is 59.8 Å². The molecule has 0 aliphatic rings. The predicted octanol–water partition coefficient (Wildman–Crippen LogP) is 4.03. The van der Waals surface area contributed by atoms with Crippen LogP contribution in [-0.4, -0.2) is 27.0 Å². The first-order valence-corrected chi connectivity index (χ1v) is 9.06. The summed E-state index contributed by atoms with van der Waals surface area (Å²) in [7, 11) is 0. The zero-order valence-corrected chi connectivity index (χ0v) is 15.5. The summed E-state index contributed by atoms with van der Waals surface area (Å²) < 4.78 is 15.9. The Balaban J connectivity index is 1.53. The van der Waals surface area contributed by atoms with Gasteiger partial charge in [0.25, 0.3) is 5.91 Å². The van der Waals surface area contributed by atoms with Crippen molar-refractivity contribution < 1.29 is 9.18 Å². The quantitative estimate of drug-likeness (QED) is 0.642. The third-order valence-electron chi connectivity index (χ3n) is 4.30. The van der Waals surface area contributed by atoms with Gasteiger partial charge < -0.3 is 9.88 Å². The number of hydrogen-bond donors (Lipinski definition) is 1. The molecule has 3 rings (SSSR count). The molecular formula is C21H23FN4O. The van der Waals surface area contributed by atoms with Gasteiger partial charge in [-0.15, -0.1) is 0 Å². The van der Waals surface area contributed by atoms with E-state index in [9.17, 15) is 9.18 Å². The molecular weight excluding hydrogens is 343 g/mol. The molecule has 0 saturated carbocycles. The number of nitrogens with zero attached hydrogens (tertiary/aromatic N) is 3. The summed E-state index contributed by atoms with van der Waals surface area (Å²) in [6, 6.07) is 9.77. The minimum absolute atomic E-state index is 0.183. The molecule has 0 aliphatic heterocycles. The van der Waals surface area contributed by atoms with Gasteiger partial charge in [0.05, 0.1) is 11.3 Å². The normalized spacial score (nSPS) is 11.0. The highest BCUT2D eigenvalue weighted by Gasteiger charge is 2.10. The number of carbonyl (C=O) groups excluding carboxylic acids is 1. The van der Waals surface area contributed by atoms with Gasteiger partial charge in [-0.3, -0.25) is 9.78 Å². The van der Waals surface area contributed by atoms with Crippen molar-refractivity contribution in [3.05, 3.63) is 72.2 Å². The fourth-order valence-corrected chi connectivity index (χ4v) is 2.92. The van der Waals surface area contributed by atoms with Gasteiger partial charge in [0, 0.05) is 43.2 Å². The highest BCUT2D eigenvalue weighted by Crippen LogP contribution is 2.20. The highest BCUT2D eigenvalue weighted by molar-refractivity contribution is 5.94. The Labute approximate surface area is 158 Å². The number of nitrogens with one attached hydrogen (secondary N) is 1. The molecule has 0 radical (unpaired) electrons. The van der Waals surface area contributed by atoms with E-state index in [0.717, 1.165) is 18.8 Å². The van der Waals surface area contributed by atoms with E-state index in [2.05, 4.69) is 33.7 Å². The minimum Gasteiger partial charge on any atom is -0.352 e. The molecule has 0 spiro atoms. The molecule has 2 heterocycles. The number of pyridine rings is 1. The molecule has 0 bridgehead atoms. The number of imidazole rings is 1. The number of aromatic nitrogens is 3. The molecule has 0 unspecified atom stereocenters. The lowest BCUT2D eigenvalue weighted by Gasteiger charge is -2.11. The Morgan fingerprint density at radius 3 is 2.70 bits per heavy atom. The summed E-state index contributed by atoms with van der Waals surface area (Å²) in [6.45, 7) is 5.58. The summed E-state index contributed by atoms with van der Waals surface area (Å²) in [4.78, 5) is 20.8. The number of halogens is 1. The van der Waals surface area contributed by atoms with E-state index in [1.54, 1.807) is 36.5 Å². The van der Waals surface area contributed by atoms with Crippen molar-refractivity contribution in [1.82, 2.24) is 19.9 Å². The highest BCUT2D eigenvalue weighted by atomic mass is 19.1. The van der Waals surface area contributed by atoms with E-state index in [0.29, 0.717) is 29.3 Å². The average Bonchev–Trinajstić information content (AvgIpc) is 3.14. The van der Waals surface area contributed by atoms with E-state index in [4.69, 9.17) is 0 Å². The van der Waals surface area contributed by atoms with Crippen molar-refractivity contribution >= 4 is 5.91 Å². The zero-order chi connectivity index (χ0) is 19.2. The third-order valence-corrected chi connectivity index (χ3v) is 4.30. The second-order valence-electron chi connectivity index (χ2n) is 6.65. The summed E-state index contributed by atoms with van der Waals surface area (Å²) in [5, 5.41) is 2.89. The monoisotopic (exact) mass is 366 g/mol. The summed E-state index contributed by atoms with van der Waals surface area (Å²) in [5.74, 6) is 0.905. The van der Waals surface area contributed by atoms with Crippen molar-refractivity contribution in [2.45, 2.75) is 32.7 Å². The second-order valence-corrected chi connectivity index (χ2v) is 6.65. The van der Waals surface area contributed by atoms with E-state index in [1.807, 2.05) is 6.20 Å². The van der Waals surface area contributed by atoms with Gasteiger partial charge in [-0.25, -0.2) is 9.37 Å². The van der Waals surface area contributed by atoms with E-state index in [-0.39, 0.29) is 11.7 Å². The van der Waals surface area contributed by atoms with Crippen LogP contribution in [0.1, 0.15) is 42.4 Å². The summed E-state index contributed by atoms with van der Waals surface area (Å²) >= 11 is 0. The SMILES string of the molecule is CC(C)c1nccn1CCCNC(=O)c1ccc(-c2ccccc2F)nc1. The van der Waals surface area contributed by atoms with Crippen LogP contribution >= 0.6 is 0 Å². The van der Waals surface area contributed by atoms with Crippen LogP contribution in [0, 0.1) is 5.82 Å². The smallest absolute Gasteiger partial charge is 0.252 e. The van der Waals surface area contributed by atoms with Gasteiger partial charge in [0.2, 0.25) is 0 Å². The Hall–Kier alpha value is -3.02. The fraction of sp³-hybridized carbons (Fsp3) is 0.286. The van der Waals surface area contributed by atoms with E-state index >= 15 is 0 Å². The molecule has 1 N–H and O–H groups in total. The third kappa shape index (κ3) is 4.58. The zero-order valence-electron chi connectivity index (χ0n) is 15.5. The lowest BCUT2D eigenvalue weighted by molar-refractivity contribution is 0.0952. The van der Waals surface area contributed by atoms with E-state index in [1.165, 1.54) is 12.3 Å². The van der Waals surface area contributed by atoms with Crippen molar-refractivity contribution in [1.29, 1.82) is 0 Å². The number of amides is 1. The second kappa shape index (κ2) is 8.58. The lowest BCUT2D eigenvalue weighted by Crippen LogP contribution is -2.25. The van der Waals surface area contributed by atoms with Crippen molar-refractivity contribution in [3.63, 3.8) is 0 Å². The first kappa shape index (κ1) is 18.8. The van der Waals surface area contributed by atoms with Gasteiger partial charge in [0.1, 0.15) is 11.6 Å². The van der Waals surface area contributed by atoms with Gasteiger partial charge >= 0.3 is 0 Å². The first-order valence-electron chi connectivity index (χ1n) is 9.06. The minimum atomic E-state index is -0.331. The molecule has 140 valence electrons. The van der Waals surface area contributed by atoms with Crippen molar-refractivity contribution in [3.8, 4) is 11.3 Å². The molecule has 27 heavy (non-hydrogen) atoms. The van der Waals surface area contributed by atoms with Crippen molar-refractivity contribution in [2.24, 2.45) is 0 Å². The van der Waals surface area contributed by atoms with Gasteiger partial charge in [-0.05, 0) is 30.7 Å². The Morgan fingerprint density at radius 2 is 2.00 bits per heavy atom. The van der Waals surface area contributed by atoms with Crippen LogP contribution in [0.2, 0.25) is 0 Å². The first-order chi connectivity index (χ1) is 13.1. The van der Waals surface area contributed by atoms with Crippen LogP contribution in [0.25, 0.3) is 11.3 Å². The number of benzene rings is 1. The average molecular weight is 366 g/mol. The molecule has 2 aromatic heterocycles. The maximum Gasteiger partial charge on any atom is 0.252 e. The van der Waals surface area contributed by atoms with Crippen LogP contribution in [0.5, 0.6) is 0 Å². The van der Waals surface area contributed by atoms with Gasteiger partial charge in [0.15, 0.2) is 0 Å². The Morgan fingerprint density at radius 1 is 1.19 bits per heavy atom. The largest absolute Gasteiger partial charge is 0.352 e. The molecule has 3 aromatic rings. The number of rotatable bonds is 7. The molecule has 0 atom stereocenters. The number of carbonyl (C=O) groups is 1. The number of hydrogen-bond acceptors (Lipinski definition) is 3. The van der Waals surface area contributed by atoms with Crippen molar-refractivity contribution in [2.75, 3.05) is 6.54 Å². The van der Waals surface area contributed by atoms with Crippen LogP contribution < -0.4 is 5.32 Å². The molecule has 1 amide bonds. The maximum atomic E-state index is 13.8. The Bertz CT molecular complexity index is 903. The summed E-state index contributed by atoms with van der Waals surface area (Å²) in [6.07, 6.45) is 6.05. The standard InChI is InChI=1S/C21H23FN4O/c1-15(2)20-23-11-13-26(20)12-5-10-24-21(27)16-8-9-19(25-14-16)17-6-3-4-7-18(17)22/h3-4,6-9,11,13-15H,5,10,12H2,1-2H3,(H,24,27). The molecule has 0 saturated heterocycles. The molecule has 6 heteroatoms. The van der Waals surface area contributed by atoms with Gasteiger partial charge in [-0.2, -0.15) is 0 Å². The molecule has 1 aromatic carbocycles. The summed E-state index contributed by atoms with van der Waals surface area (Å²) in [5.41, 5.74) is 1.39. The maximum absolute atomic E-state index is 13.8. The molecule has 5 nitrogen and oxygen atoms in total. The van der Waals surface area contributed by atoms with Crippen LogP contribution in [0.15, 0.2) is 55.0 Å². The number of aryl methyl sites for hydroxylation is 1. The Kier molecular flexibility index (Phi) is 5.96. The lowest BCUT2D eigenvalue weighted by atomic mass is 10.1. The predicted molar refractivity (Wildman–Crippen MR) is 103 cm³/mol.